The molecule has 306 valence electrons. The Balaban J connectivity index is 0.922. The van der Waals surface area contributed by atoms with Crippen molar-refractivity contribution in [1.82, 2.24) is 19.5 Å². The molecule has 0 bridgehead atoms. The Kier molecular flexibility index (Phi) is 8.50. The Morgan fingerprint density at radius 2 is 1.20 bits per heavy atom. The van der Waals surface area contributed by atoms with Gasteiger partial charge in [0.1, 0.15) is 11.3 Å². The summed E-state index contributed by atoms with van der Waals surface area (Å²) < 4.78 is 8.99. The summed E-state index contributed by atoms with van der Waals surface area (Å²) in [6.07, 6.45) is 7.57. The third-order valence-corrected chi connectivity index (χ3v) is 13.3. The minimum absolute atomic E-state index is 0.339. The van der Waals surface area contributed by atoms with Crippen LogP contribution in [0.25, 0.3) is 122 Å². The van der Waals surface area contributed by atoms with Crippen LogP contribution in [0.4, 0.5) is 0 Å². The van der Waals surface area contributed by atoms with Gasteiger partial charge in [0, 0.05) is 49.3 Å². The molecular weight excluding hydrogens is 793 g/mol. The third-order valence-electron chi connectivity index (χ3n) is 13.3. The fourth-order valence-corrected chi connectivity index (χ4v) is 10.1. The number of pyridine rings is 1. The molecule has 65 heavy (non-hydrogen) atoms. The second-order valence-corrected chi connectivity index (χ2v) is 17.2. The van der Waals surface area contributed by atoms with Crippen molar-refractivity contribution < 1.29 is 4.42 Å². The van der Waals surface area contributed by atoms with E-state index in [4.69, 9.17) is 19.4 Å². The number of allylic oxidation sites excluding steroid dienone is 4. The number of fused-ring (bicyclic) bond motifs is 9. The average Bonchev–Trinajstić information content (AvgIpc) is 3.93. The highest BCUT2D eigenvalue weighted by molar-refractivity contribution is 6.22. The summed E-state index contributed by atoms with van der Waals surface area (Å²) in [7, 11) is 0. The van der Waals surface area contributed by atoms with Crippen LogP contribution >= 0.6 is 0 Å². The van der Waals surface area contributed by atoms with Gasteiger partial charge < -0.3 is 8.98 Å². The van der Waals surface area contributed by atoms with Crippen molar-refractivity contribution in [3.05, 3.63) is 212 Å². The molecule has 1 atom stereocenters. The quantitative estimate of drug-likeness (QED) is 0.167. The first-order valence-corrected chi connectivity index (χ1v) is 22.3. The van der Waals surface area contributed by atoms with Gasteiger partial charge in [-0.15, -0.1) is 0 Å². The number of furan rings is 1. The van der Waals surface area contributed by atoms with E-state index in [1.807, 2.05) is 12.1 Å². The number of rotatable bonds is 6. The van der Waals surface area contributed by atoms with Crippen LogP contribution < -0.4 is 0 Å². The summed E-state index contributed by atoms with van der Waals surface area (Å²) in [5.74, 6) is 1.04. The van der Waals surface area contributed by atoms with Crippen LogP contribution in [-0.2, 0) is 0 Å². The van der Waals surface area contributed by atoms with Gasteiger partial charge in [0.15, 0.2) is 11.4 Å². The van der Waals surface area contributed by atoms with Crippen molar-refractivity contribution in [2.75, 3.05) is 0 Å². The molecule has 13 rings (SSSR count). The predicted octanol–water partition coefficient (Wildman–Crippen LogP) is 15.8. The average molecular weight is 833 g/mol. The van der Waals surface area contributed by atoms with E-state index in [0.717, 1.165) is 95.2 Å². The first kappa shape index (κ1) is 37.2. The summed E-state index contributed by atoms with van der Waals surface area (Å²) in [6.45, 7) is 2.28. The molecular formula is C60H40N4O. The Hall–Kier alpha value is -8.41. The van der Waals surface area contributed by atoms with Gasteiger partial charge in [-0.25, -0.2) is 15.0 Å². The first-order valence-electron chi connectivity index (χ1n) is 22.3. The number of para-hydroxylation sites is 3. The number of hydrogen-bond acceptors (Lipinski definition) is 4. The molecule has 4 heterocycles. The zero-order valence-corrected chi connectivity index (χ0v) is 35.6. The Labute approximate surface area is 375 Å². The van der Waals surface area contributed by atoms with Crippen molar-refractivity contribution in [3.63, 3.8) is 0 Å². The molecule has 1 aliphatic carbocycles. The number of benzene rings is 8. The van der Waals surface area contributed by atoms with Gasteiger partial charge >= 0.3 is 0 Å². The summed E-state index contributed by atoms with van der Waals surface area (Å²) in [5.41, 5.74) is 15.2. The van der Waals surface area contributed by atoms with E-state index < -0.39 is 0 Å². The lowest BCUT2D eigenvalue weighted by atomic mass is 9.90. The maximum absolute atomic E-state index is 6.63. The summed E-state index contributed by atoms with van der Waals surface area (Å²) in [4.78, 5) is 16.0. The largest absolute Gasteiger partial charge is 0.454 e. The Morgan fingerprint density at radius 3 is 2.02 bits per heavy atom. The molecule has 1 aliphatic rings. The standard InChI is InChI=1S/C60H40N4O/c1-37-14-2-4-19-44(37)53-36-51(42-17-12-18-43(34-42)64-54-25-9-6-21-46(54)47-22-7-10-26-55(47)64)62-60(63-53)40-30-28-38(29-31-40)41-32-33-49-52(35-41)61-58(48-24-13-16-39-15-3-5-20-45(39)48)59-57(49)50-23-8-11-27-56(50)65-59/h2-13,15-37H,14H2,1H3. The molecule has 0 N–H and O–H groups in total. The van der Waals surface area contributed by atoms with E-state index in [2.05, 4.69) is 206 Å². The maximum atomic E-state index is 6.63. The minimum atomic E-state index is 0.339. The molecule has 12 aromatic rings. The van der Waals surface area contributed by atoms with Crippen molar-refractivity contribution in [3.8, 4) is 50.7 Å². The summed E-state index contributed by atoms with van der Waals surface area (Å²) in [5, 5.41) is 8.03. The molecule has 0 fully saturated rings. The first-order chi connectivity index (χ1) is 32.1. The van der Waals surface area contributed by atoms with Gasteiger partial charge in [0.25, 0.3) is 0 Å². The van der Waals surface area contributed by atoms with Gasteiger partial charge in [-0.3, -0.25) is 0 Å². The SMILES string of the molecule is CC1CC=CC=C1c1cc(-c2cccc(-n3c4ccccc4c4ccccc43)c2)nc(-c2ccc(-c3ccc4c(c3)nc(-c3cccc5ccccc35)c3oc5ccccc5c34)cc2)n1. The molecule has 8 aromatic carbocycles. The molecule has 0 amide bonds. The zero-order valence-electron chi connectivity index (χ0n) is 35.6. The fourth-order valence-electron chi connectivity index (χ4n) is 10.1. The molecule has 5 heteroatoms. The smallest absolute Gasteiger partial charge is 0.162 e. The van der Waals surface area contributed by atoms with Crippen LogP contribution in [0.5, 0.6) is 0 Å². The van der Waals surface area contributed by atoms with Crippen molar-refractivity contribution in [2.24, 2.45) is 5.92 Å². The Morgan fingerprint density at radius 1 is 0.523 bits per heavy atom. The highest BCUT2D eigenvalue weighted by Crippen LogP contribution is 2.42. The number of aromatic nitrogens is 4. The lowest BCUT2D eigenvalue weighted by Gasteiger charge is -2.18. The summed E-state index contributed by atoms with van der Waals surface area (Å²) >= 11 is 0. The zero-order chi connectivity index (χ0) is 43.0. The normalized spacial score (nSPS) is 14.0. The molecule has 0 aliphatic heterocycles. The predicted molar refractivity (Wildman–Crippen MR) is 269 cm³/mol. The molecule has 0 saturated carbocycles. The van der Waals surface area contributed by atoms with Crippen LogP contribution in [-0.4, -0.2) is 19.5 Å². The van der Waals surface area contributed by atoms with E-state index in [1.54, 1.807) is 0 Å². The second kappa shape index (κ2) is 14.9. The van der Waals surface area contributed by atoms with Crippen LogP contribution in [0.1, 0.15) is 19.0 Å². The van der Waals surface area contributed by atoms with Gasteiger partial charge in [-0.05, 0) is 82.3 Å². The van der Waals surface area contributed by atoms with Gasteiger partial charge in [-0.2, -0.15) is 0 Å². The van der Waals surface area contributed by atoms with Crippen LogP contribution in [0.15, 0.2) is 211 Å². The highest BCUT2D eigenvalue weighted by atomic mass is 16.3. The van der Waals surface area contributed by atoms with Gasteiger partial charge in [0.2, 0.25) is 0 Å². The van der Waals surface area contributed by atoms with Gasteiger partial charge in [0.05, 0.1) is 27.9 Å². The lowest BCUT2D eigenvalue weighted by molar-refractivity contribution is 0.669. The summed E-state index contributed by atoms with van der Waals surface area (Å²) in [6, 6.07) is 66.6. The van der Waals surface area contributed by atoms with E-state index in [-0.39, 0.29) is 0 Å². The van der Waals surface area contributed by atoms with Crippen molar-refractivity contribution in [2.45, 2.75) is 13.3 Å². The minimum Gasteiger partial charge on any atom is -0.454 e. The molecule has 0 spiro atoms. The lowest BCUT2D eigenvalue weighted by Crippen LogP contribution is -2.05. The fraction of sp³-hybridized carbons (Fsp3) is 0.0500. The molecule has 4 aromatic heterocycles. The number of nitrogens with zero attached hydrogens (tertiary/aromatic N) is 4. The van der Waals surface area contributed by atoms with E-state index in [0.29, 0.717) is 11.7 Å². The van der Waals surface area contributed by atoms with Crippen molar-refractivity contribution >= 4 is 71.0 Å². The van der Waals surface area contributed by atoms with E-state index >= 15 is 0 Å². The second-order valence-electron chi connectivity index (χ2n) is 17.2. The molecule has 0 radical (unpaired) electrons. The van der Waals surface area contributed by atoms with Crippen LogP contribution in [0.3, 0.4) is 0 Å². The molecule has 1 unspecified atom stereocenters. The highest BCUT2D eigenvalue weighted by Gasteiger charge is 2.21. The Bertz CT molecular complexity index is 3890. The van der Waals surface area contributed by atoms with Crippen LogP contribution in [0.2, 0.25) is 0 Å². The maximum Gasteiger partial charge on any atom is 0.162 e. The molecule has 5 nitrogen and oxygen atoms in total. The van der Waals surface area contributed by atoms with Crippen molar-refractivity contribution in [1.29, 1.82) is 0 Å². The van der Waals surface area contributed by atoms with E-state index in [1.165, 1.54) is 32.8 Å². The monoisotopic (exact) mass is 832 g/mol. The third kappa shape index (κ3) is 6.11. The molecule has 0 saturated heterocycles. The topological polar surface area (TPSA) is 56.7 Å². The number of hydrogen-bond donors (Lipinski definition) is 0. The van der Waals surface area contributed by atoms with Crippen LogP contribution in [0, 0.1) is 5.92 Å². The van der Waals surface area contributed by atoms with E-state index in [9.17, 15) is 0 Å². The van der Waals surface area contributed by atoms with Gasteiger partial charge in [-0.1, -0.05) is 171 Å².